The first-order valence-electron chi connectivity index (χ1n) is 11.1. The van der Waals surface area contributed by atoms with Crippen molar-refractivity contribution in [3.8, 4) is 0 Å². The molecule has 164 valence electrons. The van der Waals surface area contributed by atoms with Crippen molar-refractivity contribution < 1.29 is 4.74 Å². The van der Waals surface area contributed by atoms with E-state index in [1.54, 1.807) is 0 Å². The number of aromatic nitrogens is 2. The Balaban J connectivity index is 1.27. The molecule has 3 aromatic rings. The van der Waals surface area contributed by atoms with Crippen LogP contribution in [0.5, 0.6) is 0 Å². The van der Waals surface area contributed by atoms with Crippen LogP contribution in [0.4, 0.5) is 17.3 Å². The number of hydrogen-bond acceptors (Lipinski definition) is 5. The maximum absolute atomic E-state index is 6.40. The number of nitrogens with zero attached hydrogens (tertiary/aromatic N) is 3. The highest BCUT2D eigenvalue weighted by molar-refractivity contribution is 6.31. The Kier molecular flexibility index (Phi) is 6.10. The Hall–Kier alpha value is -2.89. The third-order valence-corrected chi connectivity index (χ3v) is 6.65. The van der Waals surface area contributed by atoms with Crippen LogP contribution in [-0.4, -0.2) is 36.3 Å². The lowest BCUT2D eigenvalue weighted by Gasteiger charge is -2.28. The first kappa shape index (κ1) is 21.0. The number of ether oxygens (including phenoxy) is 1. The van der Waals surface area contributed by atoms with Crippen molar-refractivity contribution in [2.45, 2.75) is 18.8 Å². The lowest BCUT2D eigenvalue weighted by atomic mass is 10.0. The number of benzene rings is 2. The predicted octanol–water partition coefficient (Wildman–Crippen LogP) is 5.70. The average molecular weight is 447 g/mol. The van der Waals surface area contributed by atoms with Crippen LogP contribution >= 0.6 is 11.6 Å². The SMILES string of the molecule is C=Cc1cnc(Nc2ccc(N3CCOCC3)cc2)nc1CC1CC1c1ccccc1Cl. The first-order valence-corrected chi connectivity index (χ1v) is 11.5. The normalized spacial score (nSPS) is 20.1. The van der Waals surface area contributed by atoms with Gasteiger partial charge in [0.25, 0.3) is 0 Å². The second-order valence-electron chi connectivity index (χ2n) is 8.40. The predicted molar refractivity (Wildman–Crippen MR) is 131 cm³/mol. The number of anilines is 3. The Labute approximate surface area is 194 Å². The maximum Gasteiger partial charge on any atom is 0.227 e. The summed E-state index contributed by atoms with van der Waals surface area (Å²) in [6.07, 6.45) is 5.72. The van der Waals surface area contributed by atoms with E-state index in [2.05, 4.69) is 58.2 Å². The lowest BCUT2D eigenvalue weighted by Crippen LogP contribution is -2.36. The molecule has 2 aromatic carbocycles. The van der Waals surface area contributed by atoms with Gasteiger partial charge in [-0.05, 0) is 60.6 Å². The molecule has 2 atom stereocenters. The lowest BCUT2D eigenvalue weighted by molar-refractivity contribution is 0.122. The Morgan fingerprint density at radius 3 is 2.66 bits per heavy atom. The van der Waals surface area contributed by atoms with Crippen molar-refractivity contribution in [2.75, 3.05) is 36.5 Å². The molecule has 2 aliphatic rings. The van der Waals surface area contributed by atoms with E-state index in [1.807, 2.05) is 24.4 Å². The molecule has 1 aromatic heterocycles. The van der Waals surface area contributed by atoms with Crippen LogP contribution in [0.1, 0.15) is 29.2 Å². The monoisotopic (exact) mass is 446 g/mol. The summed E-state index contributed by atoms with van der Waals surface area (Å²) >= 11 is 6.40. The quantitative estimate of drug-likeness (QED) is 0.504. The summed E-state index contributed by atoms with van der Waals surface area (Å²) in [6, 6.07) is 16.6. The summed E-state index contributed by atoms with van der Waals surface area (Å²) in [6.45, 7) is 7.37. The van der Waals surface area contributed by atoms with Gasteiger partial charge in [0.15, 0.2) is 0 Å². The van der Waals surface area contributed by atoms with Crippen molar-refractivity contribution in [3.05, 3.63) is 83.2 Å². The fourth-order valence-corrected chi connectivity index (χ4v) is 4.68. The van der Waals surface area contributed by atoms with Gasteiger partial charge < -0.3 is 15.0 Å². The summed E-state index contributed by atoms with van der Waals surface area (Å²) in [5.41, 5.74) is 5.44. The van der Waals surface area contributed by atoms with Gasteiger partial charge in [-0.1, -0.05) is 42.5 Å². The smallest absolute Gasteiger partial charge is 0.227 e. The molecular weight excluding hydrogens is 420 g/mol. The van der Waals surface area contributed by atoms with Crippen molar-refractivity contribution in [3.63, 3.8) is 0 Å². The highest BCUT2D eigenvalue weighted by Crippen LogP contribution is 2.51. The van der Waals surface area contributed by atoms with Crippen LogP contribution in [0.15, 0.2) is 61.3 Å². The third-order valence-electron chi connectivity index (χ3n) is 6.30. The average Bonchev–Trinajstić information content (AvgIpc) is 3.59. The molecule has 2 heterocycles. The van der Waals surface area contributed by atoms with Crippen molar-refractivity contribution >= 4 is 35.0 Å². The molecule has 1 saturated heterocycles. The number of nitrogens with one attached hydrogen (secondary N) is 1. The van der Waals surface area contributed by atoms with E-state index in [9.17, 15) is 0 Å². The number of morpholine rings is 1. The molecule has 32 heavy (non-hydrogen) atoms. The van der Waals surface area contributed by atoms with Crippen molar-refractivity contribution in [1.29, 1.82) is 0 Å². The molecule has 2 unspecified atom stereocenters. The van der Waals surface area contributed by atoms with Gasteiger partial charge in [-0.15, -0.1) is 0 Å². The van der Waals surface area contributed by atoms with Gasteiger partial charge in [-0.3, -0.25) is 0 Å². The van der Waals surface area contributed by atoms with E-state index in [0.29, 0.717) is 17.8 Å². The summed E-state index contributed by atoms with van der Waals surface area (Å²) in [4.78, 5) is 11.7. The molecule has 1 saturated carbocycles. The van der Waals surface area contributed by atoms with Gasteiger partial charge in [0.05, 0.1) is 18.9 Å². The molecule has 1 aliphatic heterocycles. The second-order valence-corrected chi connectivity index (χ2v) is 8.81. The third kappa shape index (κ3) is 4.64. The zero-order chi connectivity index (χ0) is 21.9. The van der Waals surface area contributed by atoms with Gasteiger partial charge in [0, 0.05) is 41.2 Å². The Morgan fingerprint density at radius 1 is 1.12 bits per heavy atom. The second kappa shape index (κ2) is 9.31. The largest absolute Gasteiger partial charge is 0.378 e. The van der Waals surface area contributed by atoms with Crippen molar-refractivity contribution in [2.24, 2.45) is 5.92 Å². The molecule has 0 spiro atoms. The van der Waals surface area contributed by atoms with E-state index in [0.717, 1.165) is 61.1 Å². The molecule has 1 aliphatic carbocycles. The first-order chi connectivity index (χ1) is 15.7. The van der Waals surface area contributed by atoms with E-state index >= 15 is 0 Å². The zero-order valence-corrected chi connectivity index (χ0v) is 18.8. The van der Waals surface area contributed by atoms with Crippen LogP contribution < -0.4 is 10.2 Å². The summed E-state index contributed by atoms with van der Waals surface area (Å²) in [5.74, 6) is 1.66. The van der Waals surface area contributed by atoms with Crippen molar-refractivity contribution in [1.82, 2.24) is 9.97 Å². The summed E-state index contributed by atoms with van der Waals surface area (Å²) < 4.78 is 5.44. The molecule has 0 bridgehead atoms. The van der Waals surface area contributed by atoms with Gasteiger partial charge in [-0.25, -0.2) is 9.97 Å². The van der Waals surface area contributed by atoms with E-state index < -0.39 is 0 Å². The van der Waals surface area contributed by atoms with E-state index in [4.69, 9.17) is 21.3 Å². The summed E-state index contributed by atoms with van der Waals surface area (Å²) in [5, 5.41) is 4.21. The van der Waals surface area contributed by atoms with Crippen LogP contribution in [0.2, 0.25) is 5.02 Å². The van der Waals surface area contributed by atoms with Crippen LogP contribution in [0.25, 0.3) is 6.08 Å². The highest BCUT2D eigenvalue weighted by atomic mass is 35.5. The number of rotatable bonds is 7. The topological polar surface area (TPSA) is 50.3 Å². The molecular formula is C26H27ClN4O. The van der Waals surface area contributed by atoms with Gasteiger partial charge in [0.2, 0.25) is 5.95 Å². The molecule has 5 rings (SSSR count). The molecule has 5 nitrogen and oxygen atoms in total. The van der Waals surface area contributed by atoms with E-state index in [-0.39, 0.29) is 0 Å². The Morgan fingerprint density at radius 2 is 1.91 bits per heavy atom. The minimum absolute atomic E-state index is 0.500. The molecule has 0 amide bonds. The standard InChI is InChI=1S/C26H27ClN4O/c1-2-18-17-28-26(29-20-7-9-21(10-8-20)31-11-13-32-14-12-31)30-25(18)16-19-15-23(19)22-5-3-4-6-24(22)27/h2-10,17,19,23H,1,11-16H2,(H,28,29,30). The van der Waals surface area contributed by atoms with Gasteiger partial charge in [0.1, 0.15) is 0 Å². The highest BCUT2D eigenvalue weighted by Gasteiger charge is 2.39. The minimum atomic E-state index is 0.500. The minimum Gasteiger partial charge on any atom is -0.378 e. The van der Waals surface area contributed by atoms with Crippen LogP contribution in [0.3, 0.4) is 0 Å². The van der Waals surface area contributed by atoms with E-state index in [1.165, 1.54) is 11.3 Å². The van der Waals surface area contributed by atoms with Gasteiger partial charge >= 0.3 is 0 Å². The fourth-order valence-electron chi connectivity index (χ4n) is 4.41. The Bertz CT molecular complexity index is 1100. The van der Waals surface area contributed by atoms with Crippen LogP contribution in [0, 0.1) is 5.92 Å². The fraction of sp³-hybridized carbons (Fsp3) is 0.308. The molecule has 6 heteroatoms. The zero-order valence-electron chi connectivity index (χ0n) is 18.0. The summed E-state index contributed by atoms with van der Waals surface area (Å²) in [7, 11) is 0. The maximum atomic E-state index is 6.40. The van der Waals surface area contributed by atoms with Crippen LogP contribution in [-0.2, 0) is 11.2 Å². The van der Waals surface area contributed by atoms with Gasteiger partial charge in [-0.2, -0.15) is 0 Å². The molecule has 0 radical (unpaired) electrons. The molecule has 1 N–H and O–H groups in total. The molecule has 2 fully saturated rings. The number of hydrogen-bond donors (Lipinski definition) is 1. The number of halogens is 1.